The van der Waals surface area contributed by atoms with E-state index in [4.69, 9.17) is 4.74 Å². The predicted molar refractivity (Wildman–Crippen MR) is 63.3 cm³/mol. The fraction of sp³-hybridized carbons (Fsp3) is 0.538. The van der Waals surface area contributed by atoms with Gasteiger partial charge in [-0.05, 0) is 31.9 Å². The molecule has 0 aromatic carbocycles. The van der Waals surface area contributed by atoms with E-state index in [9.17, 15) is 4.79 Å². The van der Waals surface area contributed by atoms with Crippen molar-refractivity contribution < 1.29 is 9.53 Å². The molecule has 0 saturated heterocycles. The topological polar surface area (TPSA) is 39.2 Å². The van der Waals surface area contributed by atoms with Crippen molar-refractivity contribution in [3.63, 3.8) is 0 Å². The lowest BCUT2D eigenvalue weighted by molar-refractivity contribution is -0.141. The molecule has 1 atom stereocenters. The first-order valence-corrected chi connectivity index (χ1v) is 5.68. The van der Waals surface area contributed by atoms with Gasteiger partial charge in [-0.25, -0.2) is 0 Å². The van der Waals surface area contributed by atoms with E-state index in [1.54, 1.807) is 12.4 Å². The zero-order chi connectivity index (χ0) is 12.0. The van der Waals surface area contributed by atoms with Crippen LogP contribution in [0.25, 0.3) is 0 Å². The Hall–Kier alpha value is -1.22. The van der Waals surface area contributed by atoms with E-state index in [2.05, 4.69) is 4.98 Å². The minimum absolute atomic E-state index is 0.116. The van der Waals surface area contributed by atoms with Crippen LogP contribution in [0.5, 0.6) is 0 Å². The molecule has 0 aliphatic carbocycles. The van der Waals surface area contributed by atoms with Gasteiger partial charge in [0.15, 0.2) is 5.78 Å². The summed E-state index contributed by atoms with van der Waals surface area (Å²) in [6.45, 7) is 6.29. The number of ketones is 1. The van der Waals surface area contributed by atoms with Crippen molar-refractivity contribution in [3.8, 4) is 0 Å². The van der Waals surface area contributed by atoms with E-state index in [1.165, 1.54) is 0 Å². The Morgan fingerprint density at radius 2 is 2.25 bits per heavy atom. The number of hydrogen-bond acceptors (Lipinski definition) is 3. The third kappa shape index (κ3) is 3.14. The van der Waals surface area contributed by atoms with Crippen LogP contribution in [0.2, 0.25) is 0 Å². The summed E-state index contributed by atoms with van der Waals surface area (Å²) in [5.41, 5.74) is 0.275. The number of nitrogens with zero attached hydrogens (tertiary/aromatic N) is 1. The monoisotopic (exact) mass is 221 g/mol. The van der Waals surface area contributed by atoms with Gasteiger partial charge in [0.25, 0.3) is 0 Å². The fourth-order valence-corrected chi connectivity index (χ4v) is 1.57. The van der Waals surface area contributed by atoms with E-state index < -0.39 is 5.60 Å². The molecule has 0 fully saturated rings. The van der Waals surface area contributed by atoms with E-state index in [0.29, 0.717) is 19.4 Å². The second kappa shape index (κ2) is 5.75. The molecular weight excluding hydrogens is 202 g/mol. The van der Waals surface area contributed by atoms with Crippen molar-refractivity contribution in [2.24, 2.45) is 0 Å². The highest BCUT2D eigenvalue weighted by Gasteiger charge is 2.31. The fourth-order valence-electron chi connectivity index (χ4n) is 1.57. The van der Waals surface area contributed by atoms with Crippen LogP contribution in [0.1, 0.15) is 32.8 Å². The number of rotatable bonds is 6. The average Bonchev–Trinajstić information content (AvgIpc) is 2.30. The van der Waals surface area contributed by atoms with Gasteiger partial charge >= 0.3 is 0 Å². The SMILES string of the molecule is CCOC(C)(CC)C(=O)Cc1cccnc1. The molecule has 3 heteroatoms. The Labute approximate surface area is 96.8 Å². The molecule has 1 rings (SSSR count). The van der Waals surface area contributed by atoms with Crippen molar-refractivity contribution in [2.45, 2.75) is 39.2 Å². The minimum atomic E-state index is -0.662. The van der Waals surface area contributed by atoms with Gasteiger partial charge in [-0.2, -0.15) is 0 Å². The molecule has 1 heterocycles. The molecule has 1 unspecified atom stereocenters. The number of carbonyl (C=O) groups excluding carboxylic acids is 1. The van der Waals surface area contributed by atoms with E-state index in [-0.39, 0.29) is 5.78 Å². The smallest absolute Gasteiger partial charge is 0.168 e. The van der Waals surface area contributed by atoms with Gasteiger partial charge in [-0.15, -0.1) is 0 Å². The Morgan fingerprint density at radius 3 is 2.75 bits per heavy atom. The van der Waals surface area contributed by atoms with Crippen LogP contribution in [0.4, 0.5) is 0 Å². The lowest BCUT2D eigenvalue weighted by atomic mass is 9.93. The molecule has 0 bridgehead atoms. The van der Waals surface area contributed by atoms with Gasteiger partial charge in [0.1, 0.15) is 5.60 Å². The van der Waals surface area contributed by atoms with Gasteiger partial charge in [0, 0.05) is 25.4 Å². The molecule has 3 nitrogen and oxygen atoms in total. The molecule has 0 aliphatic heterocycles. The lowest BCUT2D eigenvalue weighted by Gasteiger charge is -2.26. The Bertz CT molecular complexity index is 337. The van der Waals surface area contributed by atoms with Crippen LogP contribution in [0.15, 0.2) is 24.5 Å². The molecular formula is C13H19NO2. The summed E-state index contributed by atoms with van der Waals surface area (Å²) in [6, 6.07) is 3.75. The Morgan fingerprint density at radius 1 is 1.50 bits per heavy atom. The highest BCUT2D eigenvalue weighted by Crippen LogP contribution is 2.18. The third-order valence-electron chi connectivity index (χ3n) is 2.81. The third-order valence-corrected chi connectivity index (χ3v) is 2.81. The normalized spacial score (nSPS) is 14.4. The summed E-state index contributed by atoms with van der Waals surface area (Å²) in [5, 5.41) is 0. The summed E-state index contributed by atoms with van der Waals surface area (Å²) in [5.74, 6) is 0.116. The largest absolute Gasteiger partial charge is 0.368 e. The highest BCUT2D eigenvalue weighted by molar-refractivity contribution is 5.88. The number of aromatic nitrogens is 1. The molecule has 0 spiro atoms. The van der Waals surface area contributed by atoms with Gasteiger partial charge in [0.05, 0.1) is 0 Å². The van der Waals surface area contributed by atoms with E-state index >= 15 is 0 Å². The summed E-state index contributed by atoms with van der Waals surface area (Å²) < 4.78 is 5.54. The van der Waals surface area contributed by atoms with Crippen molar-refractivity contribution >= 4 is 5.78 Å². The number of hydrogen-bond donors (Lipinski definition) is 0. The summed E-state index contributed by atoms with van der Waals surface area (Å²) >= 11 is 0. The van der Waals surface area contributed by atoms with Crippen molar-refractivity contribution in [1.29, 1.82) is 0 Å². The van der Waals surface area contributed by atoms with Crippen molar-refractivity contribution in [3.05, 3.63) is 30.1 Å². The maximum Gasteiger partial charge on any atom is 0.168 e. The van der Waals surface area contributed by atoms with Crippen LogP contribution in [-0.4, -0.2) is 23.0 Å². The quantitative estimate of drug-likeness (QED) is 0.740. The molecule has 0 saturated carbocycles. The summed E-state index contributed by atoms with van der Waals surface area (Å²) in [7, 11) is 0. The number of ether oxygens (including phenoxy) is 1. The van der Waals surface area contributed by atoms with E-state index in [1.807, 2.05) is 32.9 Å². The van der Waals surface area contributed by atoms with Crippen LogP contribution in [-0.2, 0) is 16.0 Å². The van der Waals surface area contributed by atoms with Crippen molar-refractivity contribution in [1.82, 2.24) is 4.98 Å². The zero-order valence-electron chi connectivity index (χ0n) is 10.2. The molecule has 0 amide bonds. The summed E-state index contributed by atoms with van der Waals surface area (Å²) in [4.78, 5) is 16.1. The van der Waals surface area contributed by atoms with Crippen LogP contribution in [0.3, 0.4) is 0 Å². The van der Waals surface area contributed by atoms with Crippen LogP contribution in [0, 0.1) is 0 Å². The lowest BCUT2D eigenvalue weighted by Crippen LogP contribution is -2.39. The average molecular weight is 221 g/mol. The van der Waals surface area contributed by atoms with E-state index in [0.717, 1.165) is 5.56 Å². The van der Waals surface area contributed by atoms with Gasteiger partial charge in [-0.3, -0.25) is 9.78 Å². The molecule has 0 N–H and O–H groups in total. The maximum absolute atomic E-state index is 12.1. The second-order valence-corrected chi connectivity index (χ2v) is 3.98. The molecule has 0 radical (unpaired) electrons. The Kier molecular flexibility index (Phi) is 4.62. The van der Waals surface area contributed by atoms with Gasteiger partial charge < -0.3 is 4.74 Å². The maximum atomic E-state index is 12.1. The number of Topliss-reactive ketones (excluding diaryl/α,β-unsaturated/α-hetero) is 1. The molecule has 1 aromatic rings. The van der Waals surface area contributed by atoms with Gasteiger partial charge in [0.2, 0.25) is 0 Å². The number of pyridine rings is 1. The zero-order valence-corrected chi connectivity index (χ0v) is 10.2. The van der Waals surface area contributed by atoms with Gasteiger partial charge in [-0.1, -0.05) is 13.0 Å². The first-order chi connectivity index (χ1) is 7.62. The number of carbonyl (C=O) groups is 1. The molecule has 16 heavy (non-hydrogen) atoms. The first kappa shape index (κ1) is 12.8. The summed E-state index contributed by atoms with van der Waals surface area (Å²) in [6.07, 6.45) is 4.51. The molecule has 1 aromatic heterocycles. The standard InChI is InChI=1S/C13H19NO2/c1-4-13(3,16-5-2)12(15)9-11-7-6-8-14-10-11/h6-8,10H,4-5,9H2,1-3H3. The first-order valence-electron chi connectivity index (χ1n) is 5.68. The minimum Gasteiger partial charge on any atom is -0.368 e. The van der Waals surface area contributed by atoms with Crippen LogP contribution < -0.4 is 0 Å². The Balaban J connectivity index is 2.70. The predicted octanol–water partition coefficient (Wildman–Crippen LogP) is 2.40. The molecule has 88 valence electrons. The second-order valence-electron chi connectivity index (χ2n) is 3.98. The van der Waals surface area contributed by atoms with Crippen molar-refractivity contribution in [2.75, 3.05) is 6.61 Å². The van der Waals surface area contributed by atoms with Crippen LogP contribution >= 0.6 is 0 Å². The molecule has 0 aliphatic rings. The highest BCUT2D eigenvalue weighted by atomic mass is 16.5.